The molecular formula is C6H9NOS. The van der Waals surface area contributed by atoms with Crippen molar-refractivity contribution in [3.63, 3.8) is 0 Å². The van der Waals surface area contributed by atoms with Gasteiger partial charge in [0.1, 0.15) is 0 Å². The van der Waals surface area contributed by atoms with Crippen LogP contribution < -0.4 is 5.32 Å². The number of hydrogen-bond donors (Lipinski definition) is 1. The summed E-state index contributed by atoms with van der Waals surface area (Å²) in [6.45, 7) is 3.80. The molecule has 0 saturated heterocycles. The molecule has 1 heterocycles. The van der Waals surface area contributed by atoms with Crippen LogP contribution in [0.15, 0.2) is 11.6 Å². The second-order valence-electron chi connectivity index (χ2n) is 2.40. The zero-order chi connectivity index (χ0) is 6.91. The van der Waals surface area contributed by atoms with Crippen LogP contribution in [0.3, 0.4) is 0 Å². The van der Waals surface area contributed by atoms with E-state index in [-0.39, 0.29) is 10.7 Å². The van der Waals surface area contributed by atoms with Crippen molar-refractivity contribution in [3.8, 4) is 0 Å². The molecule has 0 spiro atoms. The van der Waals surface area contributed by atoms with E-state index in [1.807, 2.05) is 19.3 Å². The lowest BCUT2D eigenvalue weighted by Gasteiger charge is -2.22. The van der Waals surface area contributed by atoms with Gasteiger partial charge >= 0.3 is 0 Å². The summed E-state index contributed by atoms with van der Waals surface area (Å²) in [7, 11) is 0. The lowest BCUT2D eigenvalue weighted by Crippen LogP contribution is -2.38. The first-order chi connectivity index (χ1) is 4.13. The summed E-state index contributed by atoms with van der Waals surface area (Å²) in [5.41, 5.74) is 0. The Morgan fingerprint density at radius 2 is 2.33 bits per heavy atom. The average molecular weight is 143 g/mol. The summed E-state index contributed by atoms with van der Waals surface area (Å²) in [4.78, 5) is 10.9. The first-order valence-electron chi connectivity index (χ1n) is 2.77. The normalized spacial score (nSPS) is 23.6. The summed E-state index contributed by atoms with van der Waals surface area (Å²) in [5.74, 6) is 0.0787. The lowest BCUT2D eigenvalue weighted by atomic mass is 10.2. The Morgan fingerprint density at radius 3 is 2.67 bits per heavy atom. The highest BCUT2D eigenvalue weighted by Crippen LogP contribution is 2.27. The molecule has 9 heavy (non-hydrogen) atoms. The Bertz CT molecular complexity index is 162. The summed E-state index contributed by atoms with van der Waals surface area (Å²) in [6.07, 6.45) is 1.66. The molecule has 1 aliphatic rings. The maximum atomic E-state index is 10.9. The van der Waals surface area contributed by atoms with Gasteiger partial charge in [0.25, 0.3) is 0 Å². The molecule has 0 bridgehead atoms. The monoisotopic (exact) mass is 143 g/mol. The van der Waals surface area contributed by atoms with Crippen LogP contribution in [-0.4, -0.2) is 10.7 Å². The summed E-state index contributed by atoms with van der Waals surface area (Å²) < 4.78 is -0.283. The first kappa shape index (κ1) is 6.68. The Hall–Kier alpha value is -0.440. The molecule has 50 valence electrons. The molecule has 1 N–H and O–H groups in total. The number of carbonyl (C=O) groups excluding carboxylic acids is 1. The van der Waals surface area contributed by atoms with Gasteiger partial charge in [-0.15, -0.1) is 11.8 Å². The molecule has 0 aromatic heterocycles. The highest BCUT2D eigenvalue weighted by atomic mass is 32.2. The van der Waals surface area contributed by atoms with Gasteiger partial charge in [-0.2, -0.15) is 0 Å². The van der Waals surface area contributed by atoms with Crippen LogP contribution in [0, 0.1) is 0 Å². The molecule has 0 radical (unpaired) electrons. The van der Waals surface area contributed by atoms with E-state index in [1.165, 1.54) is 11.8 Å². The fourth-order valence-electron chi connectivity index (χ4n) is 0.541. The van der Waals surface area contributed by atoms with Crippen LogP contribution in [0.4, 0.5) is 0 Å². The molecule has 3 heteroatoms. The third-order valence-electron chi connectivity index (χ3n) is 1.19. The van der Waals surface area contributed by atoms with E-state index in [1.54, 1.807) is 6.20 Å². The van der Waals surface area contributed by atoms with Gasteiger partial charge in [-0.05, 0) is 19.3 Å². The predicted octanol–water partition coefficient (Wildman–Crippen LogP) is 1.10. The number of nitrogens with one attached hydrogen (secondary N) is 1. The van der Waals surface area contributed by atoms with Crippen molar-refractivity contribution in [2.45, 2.75) is 18.6 Å². The van der Waals surface area contributed by atoms with Gasteiger partial charge < -0.3 is 5.32 Å². The van der Waals surface area contributed by atoms with Crippen molar-refractivity contribution < 1.29 is 4.79 Å². The van der Waals surface area contributed by atoms with E-state index >= 15 is 0 Å². The van der Waals surface area contributed by atoms with Gasteiger partial charge in [-0.1, -0.05) is 0 Å². The molecule has 0 unspecified atom stereocenters. The van der Waals surface area contributed by atoms with Crippen LogP contribution in [0.2, 0.25) is 0 Å². The fourth-order valence-corrected chi connectivity index (χ4v) is 1.18. The summed E-state index contributed by atoms with van der Waals surface area (Å²) in [5, 5.41) is 4.52. The Kier molecular flexibility index (Phi) is 1.53. The van der Waals surface area contributed by atoms with E-state index in [2.05, 4.69) is 5.32 Å². The second kappa shape index (κ2) is 2.06. The molecule has 1 rings (SSSR count). The third kappa shape index (κ3) is 1.27. The SMILES string of the molecule is CC1(C)SC=CNC1=O. The standard InChI is InChI=1S/C6H9NOS/c1-6(2)5(8)7-3-4-9-6/h3-4H,1-2H3,(H,7,8). The molecule has 0 atom stereocenters. The maximum Gasteiger partial charge on any atom is 0.239 e. The number of thioether (sulfide) groups is 1. The Labute approximate surface area is 58.7 Å². The van der Waals surface area contributed by atoms with Gasteiger partial charge in [0.2, 0.25) is 5.91 Å². The van der Waals surface area contributed by atoms with Gasteiger partial charge in [0.05, 0.1) is 4.75 Å². The number of hydrogen-bond acceptors (Lipinski definition) is 2. The van der Waals surface area contributed by atoms with Gasteiger partial charge in [0, 0.05) is 6.20 Å². The number of amides is 1. The van der Waals surface area contributed by atoms with Crippen LogP contribution in [-0.2, 0) is 4.79 Å². The second-order valence-corrected chi connectivity index (χ2v) is 3.93. The molecule has 0 aromatic rings. The van der Waals surface area contributed by atoms with Gasteiger partial charge in [0.15, 0.2) is 0 Å². The number of rotatable bonds is 0. The third-order valence-corrected chi connectivity index (χ3v) is 2.24. The molecular weight excluding hydrogens is 134 g/mol. The first-order valence-corrected chi connectivity index (χ1v) is 3.65. The van der Waals surface area contributed by atoms with Crippen molar-refractivity contribution >= 4 is 17.7 Å². The van der Waals surface area contributed by atoms with Gasteiger partial charge in [-0.3, -0.25) is 4.79 Å². The van der Waals surface area contributed by atoms with Crippen LogP contribution >= 0.6 is 11.8 Å². The van der Waals surface area contributed by atoms with E-state index in [9.17, 15) is 4.79 Å². The van der Waals surface area contributed by atoms with Crippen LogP contribution in [0.25, 0.3) is 0 Å². The van der Waals surface area contributed by atoms with E-state index in [4.69, 9.17) is 0 Å². The molecule has 1 amide bonds. The smallest absolute Gasteiger partial charge is 0.239 e. The minimum absolute atomic E-state index is 0.0787. The molecule has 1 aliphatic heterocycles. The van der Waals surface area contributed by atoms with Crippen molar-refractivity contribution in [2.24, 2.45) is 0 Å². The number of carbonyl (C=O) groups is 1. The largest absolute Gasteiger partial charge is 0.331 e. The van der Waals surface area contributed by atoms with Gasteiger partial charge in [-0.25, -0.2) is 0 Å². The van der Waals surface area contributed by atoms with E-state index < -0.39 is 0 Å². The molecule has 0 fully saturated rings. The van der Waals surface area contributed by atoms with Crippen LogP contribution in [0.1, 0.15) is 13.8 Å². The van der Waals surface area contributed by atoms with E-state index in [0.29, 0.717) is 0 Å². The highest BCUT2D eigenvalue weighted by molar-refractivity contribution is 8.04. The molecule has 2 nitrogen and oxygen atoms in total. The van der Waals surface area contributed by atoms with Crippen molar-refractivity contribution in [3.05, 3.63) is 11.6 Å². The summed E-state index contributed by atoms with van der Waals surface area (Å²) in [6, 6.07) is 0. The topological polar surface area (TPSA) is 29.1 Å². The zero-order valence-electron chi connectivity index (χ0n) is 5.47. The average Bonchev–Trinajstić information content (AvgIpc) is 1.77. The van der Waals surface area contributed by atoms with Crippen molar-refractivity contribution in [2.75, 3.05) is 0 Å². The van der Waals surface area contributed by atoms with E-state index in [0.717, 1.165) is 0 Å². The zero-order valence-corrected chi connectivity index (χ0v) is 6.29. The lowest BCUT2D eigenvalue weighted by molar-refractivity contribution is -0.121. The highest BCUT2D eigenvalue weighted by Gasteiger charge is 2.28. The Balaban J connectivity index is 2.76. The van der Waals surface area contributed by atoms with Crippen molar-refractivity contribution in [1.29, 1.82) is 0 Å². The minimum atomic E-state index is -0.283. The summed E-state index contributed by atoms with van der Waals surface area (Å²) >= 11 is 1.54. The Morgan fingerprint density at radius 1 is 1.67 bits per heavy atom. The molecule has 0 aliphatic carbocycles. The predicted molar refractivity (Wildman–Crippen MR) is 39.0 cm³/mol. The van der Waals surface area contributed by atoms with Crippen LogP contribution in [0.5, 0.6) is 0 Å². The maximum absolute atomic E-state index is 10.9. The van der Waals surface area contributed by atoms with Crippen molar-refractivity contribution in [1.82, 2.24) is 5.32 Å². The molecule has 0 aromatic carbocycles. The molecule has 0 saturated carbocycles. The quantitative estimate of drug-likeness (QED) is 0.550. The fraction of sp³-hybridized carbons (Fsp3) is 0.500. The minimum Gasteiger partial charge on any atom is -0.331 e.